The Morgan fingerprint density at radius 3 is 2.85 bits per heavy atom. The van der Waals surface area contributed by atoms with Crippen molar-refractivity contribution in [3.8, 4) is 0 Å². The molecule has 0 aliphatic rings. The molecule has 0 radical (unpaired) electrons. The van der Waals surface area contributed by atoms with Crippen LogP contribution in [0.5, 0.6) is 0 Å². The van der Waals surface area contributed by atoms with Gasteiger partial charge in [0.15, 0.2) is 5.13 Å². The molecule has 0 aliphatic heterocycles. The maximum absolute atomic E-state index is 10.6. The number of aromatic nitrogens is 1. The van der Waals surface area contributed by atoms with E-state index in [0.717, 1.165) is 22.4 Å². The summed E-state index contributed by atoms with van der Waals surface area (Å²) >= 11 is 0.792. The van der Waals surface area contributed by atoms with Crippen LogP contribution in [0.4, 0.5) is 14.9 Å². The summed E-state index contributed by atoms with van der Waals surface area (Å²) in [6.45, 7) is 0. The van der Waals surface area contributed by atoms with Crippen molar-refractivity contribution in [1.29, 1.82) is 0 Å². The Bertz CT molecular complexity index is 349. The fourth-order valence-corrected chi connectivity index (χ4v) is 1.29. The highest BCUT2D eigenvalue weighted by Crippen LogP contribution is 2.26. The highest BCUT2D eigenvalue weighted by Gasteiger charge is 2.16. The molecule has 1 aromatic rings. The minimum atomic E-state index is -0.704. The lowest BCUT2D eigenvalue weighted by Crippen LogP contribution is -2.31. The number of anilines is 1. The van der Waals surface area contributed by atoms with Crippen molar-refractivity contribution in [3.63, 3.8) is 0 Å². The summed E-state index contributed by atoms with van der Waals surface area (Å²) in [5.41, 5.74) is 4.94. The molecule has 0 fully saturated rings. The number of carbonyl (C=O) groups excluding carboxylic acids is 1. The molecule has 0 aromatic carbocycles. The maximum atomic E-state index is 10.6. The van der Waals surface area contributed by atoms with E-state index in [1.807, 2.05) is 0 Å². The lowest BCUT2D eigenvalue weighted by atomic mass is 10.8. The molecule has 0 unspecified atom stereocenters. The van der Waals surface area contributed by atoms with E-state index in [1.165, 1.54) is 7.05 Å². The average Bonchev–Trinajstić information content (AvgIpc) is 2.50. The predicted octanol–water partition coefficient (Wildman–Crippen LogP) is 0.566. The number of nitrogens with two attached hydrogens (primary N) is 1. The Kier molecular flexibility index (Phi) is 2.42. The number of carbonyl (C=O) groups is 1. The monoisotopic (exact) mass is 202 g/mol. The third-order valence-corrected chi connectivity index (χ3v) is 2.30. The van der Waals surface area contributed by atoms with Crippen LogP contribution in [-0.4, -0.2) is 23.0 Å². The minimum absolute atomic E-state index is 0.122. The molecule has 0 saturated carbocycles. The summed E-state index contributed by atoms with van der Waals surface area (Å²) in [4.78, 5) is 25.0. The molecule has 0 saturated heterocycles. The van der Waals surface area contributed by atoms with E-state index < -0.39 is 11.0 Å². The zero-order chi connectivity index (χ0) is 10.0. The van der Waals surface area contributed by atoms with Crippen molar-refractivity contribution < 1.29 is 9.72 Å². The summed E-state index contributed by atoms with van der Waals surface area (Å²) < 4.78 is 0. The number of primary amides is 1. The molecule has 2 amide bonds. The second-order valence-electron chi connectivity index (χ2n) is 2.14. The van der Waals surface area contributed by atoms with Crippen LogP contribution in [0.1, 0.15) is 0 Å². The normalized spacial score (nSPS) is 9.62. The highest BCUT2D eigenvalue weighted by molar-refractivity contribution is 7.18. The van der Waals surface area contributed by atoms with Crippen molar-refractivity contribution in [3.05, 3.63) is 16.3 Å². The molecule has 0 aliphatic carbocycles. The number of amides is 2. The van der Waals surface area contributed by atoms with Crippen molar-refractivity contribution in [1.82, 2.24) is 4.98 Å². The lowest BCUT2D eigenvalue weighted by Gasteiger charge is -2.07. The third-order valence-electron chi connectivity index (χ3n) is 1.28. The second kappa shape index (κ2) is 3.35. The molecule has 7 nitrogen and oxygen atoms in total. The van der Waals surface area contributed by atoms with Gasteiger partial charge in [0.25, 0.3) is 0 Å². The van der Waals surface area contributed by atoms with E-state index >= 15 is 0 Å². The largest absolute Gasteiger partial charge is 0.351 e. The topological polar surface area (TPSA) is 102 Å². The van der Waals surface area contributed by atoms with Gasteiger partial charge in [-0.3, -0.25) is 15.0 Å². The number of urea groups is 1. The summed E-state index contributed by atoms with van der Waals surface area (Å²) in [7, 11) is 1.39. The van der Waals surface area contributed by atoms with E-state index in [9.17, 15) is 14.9 Å². The Hall–Kier alpha value is -1.70. The summed E-state index contributed by atoms with van der Waals surface area (Å²) in [5.74, 6) is 0. The van der Waals surface area contributed by atoms with E-state index in [4.69, 9.17) is 5.73 Å². The molecule has 70 valence electrons. The number of hydrogen-bond donors (Lipinski definition) is 1. The van der Waals surface area contributed by atoms with E-state index in [0.29, 0.717) is 0 Å². The zero-order valence-electron chi connectivity index (χ0n) is 6.63. The predicted molar refractivity (Wildman–Crippen MR) is 46.8 cm³/mol. The number of rotatable bonds is 2. The first kappa shape index (κ1) is 9.39. The summed E-state index contributed by atoms with van der Waals surface area (Å²) in [6, 6.07) is -0.704. The standard InChI is InChI=1S/C5H6N4O3S/c1-8(4(6)10)5-7-2-3(13-5)9(11)12/h2H,1H3,(H2,6,10). The fourth-order valence-electron chi connectivity index (χ4n) is 0.590. The van der Waals surface area contributed by atoms with E-state index in [1.54, 1.807) is 0 Å². The molecule has 0 spiro atoms. The van der Waals surface area contributed by atoms with Gasteiger partial charge in [-0.1, -0.05) is 0 Å². The SMILES string of the molecule is CN(C(N)=O)c1ncc([N+](=O)[O-])s1. The average molecular weight is 202 g/mol. The smallest absolute Gasteiger partial charge is 0.345 e. The van der Waals surface area contributed by atoms with Gasteiger partial charge in [-0.05, 0) is 11.3 Å². The van der Waals surface area contributed by atoms with Crippen LogP contribution in [-0.2, 0) is 0 Å². The molecule has 0 atom stereocenters. The van der Waals surface area contributed by atoms with Crippen LogP contribution in [0.25, 0.3) is 0 Å². The Balaban J connectivity index is 2.91. The molecule has 0 bridgehead atoms. The van der Waals surface area contributed by atoms with Gasteiger partial charge in [-0.2, -0.15) is 0 Å². The van der Waals surface area contributed by atoms with Crippen LogP contribution < -0.4 is 10.6 Å². The third kappa shape index (κ3) is 1.90. The zero-order valence-corrected chi connectivity index (χ0v) is 7.45. The summed E-state index contributed by atoms with van der Waals surface area (Å²) in [5, 5.41) is 10.3. The van der Waals surface area contributed by atoms with Gasteiger partial charge in [0.1, 0.15) is 6.20 Å². The number of nitro groups is 1. The van der Waals surface area contributed by atoms with Crippen LogP contribution in [0, 0.1) is 10.1 Å². The molecule has 2 N–H and O–H groups in total. The molecule has 8 heteroatoms. The fraction of sp³-hybridized carbons (Fsp3) is 0.200. The Morgan fingerprint density at radius 1 is 1.85 bits per heavy atom. The van der Waals surface area contributed by atoms with Gasteiger partial charge in [0.05, 0.1) is 4.92 Å². The van der Waals surface area contributed by atoms with Gasteiger partial charge in [-0.25, -0.2) is 9.78 Å². The van der Waals surface area contributed by atoms with Gasteiger partial charge in [0.2, 0.25) is 0 Å². The highest BCUT2D eigenvalue weighted by atomic mass is 32.1. The first-order chi connectivity index (χ1) is 6.02. The van der Waals surface area contributed by atoms with Crippen LogP contribution in [0.2, 0.25) is 0 Å². The second-order valence-corrected chi connectivity index (χ2v) is 3.12. The first-order valence-corrected chi connectivity index (χ1v) is 3.97. The molecular weight excluding hydrogens is 196 g/mol. The minimum Gasteiger partial charge on any atom is -0.351 e. The first-order valence-electron chi connectivity index (χ1n) is 3.15. The van der Waals surface area contributed by atoms with Crippen LogP contribution in [0.15, 0.2) is 6.20 Å². The van der Waals surface area contributed by atoms with E-state index in [-0.39, 0.29) is 10.1 Å². The molecular formula is C5H6N4O3S. The quantitative estimate of drug-likeness (QED) is 0.559. The molecule has 1 aromatic heterocycles. The van der Waals surface area contributed by atoms with Crippen LogP contribution >= 0.6 is 11.3 Å². The Morgan fingerprint density at radius 2 is 2.46 bits per heavy atom. The van der Waals surface area contributed by atoms with Crippen molar-refractivity contribution in [2.75, 3.05) is 11.9 Å². The summed E-state index contributed by atoms with van der Waals surface area (Å²) in [6.07, 6.45) is 1.08. The number of thiazole rings is 1. The van der Waals surface area contributed by atoms with Crippen LogP contribution in [0.3, 0.4) is 0 Å². The van der Waals surface area contributed by atoms with E-state index in [2.05, 4.69) is 4.98 Å². The van der Waals surface area contributed by atoms with Crippen molar-refractivity contribution in [2.24, 2.45) is 5.73 Å². The van der Waals surface area contributed by atoms with Gasteiger partial charge >= 0.3 is 11.0 Å². The molecule has 1 rings (SSSR count). The number of nitrogens with zero attached hydrogens (tertiary/aromatic N) is 3. The van der Waals surface area contributed by atoms with Crippen molar-refractivity contribution in [2.45, 2.75) is 0 Å². The maximum Gasteiger partial charge on any atom is 0.345 e. The lowest BCUT2D eigenvalue weighted by molar-refractivity contribution is -0.380. The Labute approximate surface area is 76.9 Å². The van der Waals surface area contributed by atoms with Gasteiger partial charge in [-0.15, -0.1) is 0 Å². The molecule has 13 heavy (non-hydrogen) atoms. The number of hydrogen-bond acceptors (Lipinski definition) is 5. The van der Waals surface area contributed by atoms with Gasteiger partial charge in [0, 0.05) is 7.05 Å². The molecule has 1 heterocycles. The van der Waals surface area contributed by atoms with Gasteiger partial charge < -0.3 is 5.73 Å². The van der Waals surface area contributed by atoms with Crippen molar-refractivity contribution >= 4 is 27.5 Å².